The van der Waals surface area contributed by atoms with E-state index >= 15 is 0 Å². The van der Waals surface area contributed by atoms with Gasteiger partial charge in [-0.15, -0.1) is 0 Å². The quantitative estimate of drug-likeness (QED) is 0.105. The summed E-state index contributed by atoms with van der Waals surface area (Å²) in [5.74, 6) is -0.774. The molecule has 0 unspecified atom stereocenters. The fourth-order valence-corrected chi connectivity index (χ4v) is 3.72. The zero-order valence-corrected chi connectivity index (χ0v) is 24.1. The first-order valence-electron chi connectivity index (χ1n) is 13.8. The van der Waals surface area contributed by atoms with E-state index in [-0.39, 0.29) is 12.4 Å². The number of alkyl halides is 3. The highest BCUT2D eigenvalue weighted by Gasteiger charge is 2.31. The Morgan fingerprint density at radius 3 is 1.95 bits per heavy atom. The molecular weight excluding hydrogens is 549 g/mol. The Labute approximate surface area is 246 Å². The Balaban J connectivity index is 1.74. The van der Waals surface area contributed by atoms with Crippen LogP contribution in [0.2, 0.25) is 5.02 Å². The van der Waals surface area contributed by atoms with Crippen molar-refractivity contribution in [2.45, 2.75) is 64.1 Å². The summed E-state index contributed by atoms with van der Waals surface area (Å²) in [5.41, 5.74) is -0.440. The second-order valence-corrected chi connectivity index (χ2v) is 9.53. The van der Waals surface area contributed by atoms with Crippen LogP contribution in [0.1, 0.15) is 69.1 Å². The molecular formula is C34H38ClF3O3. The lowest BCUT2D eigenvalue weighted by molar-refractivity contribution is -0.152. The summed E-state index contributed by atoms with van der Waals surface area (Å²) in [6.07, 6.45) is 21.6. The second-order valence-electron chi connectivity index (χ2n) is 9.09. The van der Waals surface area contributed by atoms with Gasteiger partial charge in [0.2, 0.25) is 6.10 Å². The van der Waals surface area contributed by atoms with Gasteiger partial charge in [0.1, 0.15) is 5.75 Å². The lowest BCUT2D eigenvalue weighted by Crippen LogP contribution is -2.22. The van der Waals surface area contributed by atoms with Gasteiger partial charge in [-0.25, -0.2) is 4.79 Å². The highest BCUT2D eigenvalue weighted by Crippen LogP contribution is 2.33. The molecule has 2 aromatic rings. The van der Waals surface area contributed by atoms with Crippen molar-refractivity contribution in [3.8, 4) is 5.75 Å². The number of halogens is 4. The van der Waals surface area contributed by atoms with Gasteiger partial charge >= 0.3 is 12.1 Å². The summed E-state index contributed by atoms with van der Waals surface area (Å²) in [4.78, 5) is 12.8. The first-order valence-corrected chi connectivity index (χ1v) is 14.2. The van der Waals surface area contributed by atoms with Crippen molar-refractivity contribution in [1.82, 2.24) is 0 Å². The lowest BCUT2D eigenvalue weighted by Gasteiger charge is -2.19. The van der Waals surface area contributed by atoms with E-state index in [0.717, 1.165) is 50.7 Å². The van der Waals surface area contributed by atoms with Crippen LogP contribution in [0.5, 0.6) is 5.75 Å². The molecule has 0 heterocycles. The first-order chi connectivity index (χ1) is 19.8. The molecule has 0 aliphatic heterocycles. The van der Waals surface area contributed by atoms with E-state index in [1.807, 2.05) is 6.08 Å². The van der Waals surface area contributed by atoms with Crippen molar-refractivity contribution in [3.63, 3.8) is 0 Å². The van der Waals surface area contributed by atoms with Gasteiger partial charge in [0.15, 0.2) is 0 Å². The molecule has 0 aliphatic rings. The average molecular weight is 587 g/mol. The van der Waals surface area contributed by atoms with Crippen LogP contribution in [-0.4, -0.2) is 12.6 Å². The summed E-state index contributed by atoms with van der Waals surface area (Å²) in [6, 6.07) is 10.7. The van der Waals surface area contributed by atoms with Crippen LogP contribution in [0.3, 0.4) is 0 Å². The van der Waals surface area contributed by atoms with E-state index in [4.69, 9.17) is 21.1 Å². The van der Waals surface area contributed by atoms with Gasteiger partial charge in [-0.05, 0) is 75.3 Å². The van der Waals surface area contributed by atoms with Crippen molar-refractivity contribution in [3.05, 3.63) is 125 Å². The van der Waals surface area contributed by atoms with Crippen molar-refractivity contribution in [2.75, 3.05) is 6.61 Å². The molecule has 2 rings (SSSR count). The number of carbonyl (C=O) groups is 1. The Kier molecular flexibility index (Phi) is 16.1. The number of benzene rings is 2. The van der Waals surface area contributed by atoms with Gasteiger partial charge in [0, 0.05) is 10.6 Å². The standard InChI is InChI=1S/C34H38ClF3O3/c1-2-3-4-5-6-7-8-9-10-11-12-13-14-15-16-17-18-26-40-33(39)32(28-22-24-30(35)25-23-28)41-31-21-19-20-29(27-31)34(36,37)38/h3-4,6-7,9-10,12-13,15-16,19-25,27,32H,2,5,8,11,14,17-18,26H2,1H3/b4-3-,7-6-,10-9-,13-12-,16-15-/t32-/m1/s1. The summed E-state index contributed by atoms with van der Waals surface area (Å²) >= 11 is 5.95. The van der Waals surface area contributed by atoms with Crippen molar-refractivity contribution < 1.29 is 27.4 Å². The molecule has 3 nitrogen and oxygen atoms in total. The van der Waals surface area contributed by atoms with Crippen LogP contribution in [0.15, 0.2) is 109 Å². The minimum Gasteiger partial charge on any atom is -0.474 e. The largest absolute Gasteiger partial charge is 0.474 e. The van der Waals surface area contributed by atoms with Crippen LogP contribution in [-0.2, 0) is 15.7 Å². The fraction of sp³-hybridized carbons (Fsp3) is 0.324. The molecule has 0 aromatic heterocycles. The van der Waals surface area contributed by atoms with E-state index < -0.39 is 23.8 Å². The zero-order chi connectivity index (χ0) is 29.8. The molecule has 220 valence electrons. The summed E-state index contributed by atoms with van der Waals surface area (Å²) in [7, 11) is 0. The summed E-state index contributed by atoms with van der Waals surface area (Å²) in [6.45, 7) is 2.28. The molecule has 0 spiro atoms. The molecule has 0 saturated heterocycles. The van der Waals surface area contributed by atoms with E-state index in [2.05, 4.69) is 61.6 Å². The molecule has 7 heteroatoms. The third-order valence-corrected chi connectivity index (χ3v) is 5.97. The number of rotatable bonds is 17. The molecule has 0 amide bonds. The predicted molar refractivity (Wildman–Crippen MR) is 161 cm³/mol. The van der Waals surface area contributed by atoms with Crippen LogP contribution in [0.25, 0.3) is 0 Å². The first kappa shape index (κ1) is 33.7. The van der Waals surface area contributed by atoms with E-state index in [1.54, 1.807) is 24.3 Å². The number of hydrogen-bond acceptors (Lipinski definition) is 3. The van der Waals surface area contributed by atoms with Crippen LogP contribution in [0, 0.1) is 0 Å². The maximum Gasteiger partial charge on any atom is 0.416 e. The number of allylic oxidation sites excluding steroid dienone is 10. The molecule has 1 atom stereocenters. The Hall–Kier alpha value is -3.51. The zero-order valence-electron chi connectivity index (χ0n) is 23.4. The predicted octanol–water partition coefficient (Wildman–Crippen LogP) is 10.6. The van der Waals surface area contributed by atoms with E-state index in [9.17, 15) is 18.0 Å². The van der Waals surface area contributed by atoms with Crippen LogP contribution in [0.4, 0.5) is 13.2 Å². The smallest absolute Gasteiger partial charge is 0.416 e. The van der Waals surface area contributed by atoms with Gasteiger partial charge in [-0.2, -0.15) is 13.2 Å². The monoisotopic (exact) mass is 586 g/mol. The maximum absolute atomic E-state index is 13.1. The Bertz CT molecular complexity index is 1180. The molecule has 0 fully saturated rings. The molecule has 0 saturated carbocycles. The minimum absolute atomic E-state index is 0.0875. The second kappa shape index (κ2) is 19.5. The molecule has 0 bridgehead atoms. The molecule has 0 N–H and O–H groups in total. The molecule has 0 radical (unpaired) electrons. The molecule has 0 aliphatic carbocycles. The highest BCUT2D eigenvalue weighted by molar-refractivity contribution is 6.30. The Morgan fingerprint density at radius 2 is 1.39 bits per heavy atom. The van der Waals surface area contributed by atoms with Gasteiger partial charge in [-0.3, -0.25) is 0 Å². The number of esters is 1. The van der Waals surface area contributed by atoms with Crippen LogP contribution >= 0.6 is 11.6 Å². The third-order valence-electron chi connectivity index (χ3n) is 5.72. The highest BCUT2D eigenvalue weighted by atomic mass is 35.5. The number of unbranched alkanes of at least 4 members (excludes halogenated alkanes) is 1. The number of hydrogen-bond donors (Lipinski definition) is 0. The van der Waals surface area contributed by atoms with Crippen LogP contribution < -0.4 is 4.74 Å². The van der Waals surface area contributed by atoms with Gasteiger partial charge < -0.3 is 9.47 Å². The third kappa shape index (κ3) is 14.6. The lowest BCUT2D eigenvalue weighted by atomic mass is 10.1. The summed E-state index contributed by atoms with van der Waals surface area (Å²) in [5, 5.41) is 0.456. The topological polar surface area (TPSA) is 35.5 Å². The average Bonchev–Trinajstić information content (AvgIpc) is 2.95. The van der Waals surface area contributed by atoms with Crippen molar-refractivity contribution >= 4 is 17.6 Å². The van der Waals surface area contributed by atoms with E-state index in [0.29, 0.717) is 17.0 Å². The Morgan fingerprint density at radius 1 is 0.829 bits per heavy atom. The van der Waals surface area contributed by atoms with Gasteiger partial charge in [-0.1, -0.05) is 97.5 Å². The minimum atomic E-state index is -4.53. The van der Waals surface area contributed by atoms with Gasteiger partial charge in [0.05, 0.1) is 12.2 Å². The maximum atomic E-state index is 13.1. The molecule has 41 heavy (non-hydrogen) atoms. The van der Waals surface area contributed by atoms with Crippen molar-refractivity contribution in [2.24, 2.45) is 0 Å². The normalized spacial score (nSPS) is 13.3. The molecule has 2 aromatic carbocycles. The number of ether oxygens (including phenoxy) is 2. The van der Waals surface area contributed by atoms with E-state index in [1.165, 1.54) is 12.1 Å². The van der Waals surface area contributed by atoms with Crippen molar-refractivity contribution in [1.29, 1.82) is 0 Å². The summed E-state index contributed by atoms with van der Waals surface area (Å²) < 4.78 is 50.4. The van der Waals surface area contributed by atoms with Gasteiger partial charge in [0.25, 0.3) is 0 Å². The number of carbonyl (C=O) groups excluding carboxylic acids is 1. The SMILES string of the molecule is CC/C=C\C/C=C\C/C=C\C/C=C\C/C=C\CCCOC(=O)[C@H](Oc1cccc(C(F)(F)F)c1)c1ccc(Cl)cc1. The fourth-order valence-electron chi connectivity index (χ4n) is 3.59.